The molecular weight excluding hydrogens is 260 g/mol. The molecule has 2 rings (SSSR count). The first-order valence-corrected chi connectivity index (χ1v) is 7.42. The minimum absolute atomic E-state index is 0.0303. The molecule has 2 fully saturated rings. The van der Waals surface area contributed by atoms with Gasteiger partial charge in [-0.15, -0.1) is 0 Å². The summed E-state index contributed by atoms with van der Waals surface area (Å²) in [4.78, 5) is 24.6. The van der Waals surface area contributed by atoms with Gasteiger partial charge in [0.2, 0.25) is 0 Å². The summed E-state index contributed by atoms with van der Waals surface area (Å²) >= 11 is 0. The molecule has 3 N–H and O–H groups in total. The molecular formula is C14H24N2O4. The molecule has 6 nitrogen and oxygen atoms in total. The highest BCUT2D eigenvalue weighted by Gasteiger charge is 2.36. The second-order valence-corrected chi connectivity index (χ2v) is 6.02. The van der Waals surface area contributed by atoms with E-state index in [0.29, 0.717) is 5.92 Å². The second kappa shape index (κ2) is 6.43. The average molecular weight is 284 g/mol. The normalized spacial score (nSPS) is 27.7. The fraction of sp³-hybridized carbons (Fsp3) is 0.857. The smallest absolute Gasteiger partial charge is 0.317 e. The Morgan fingerprint density at radius 1 is 1.25 bits per heavy atom. The van der Waals surface area contributed by atoms with Gasteiger partial charge in [0.15, 0.2) is 0 Å². The number of urea groups is 1. The van der Waals surface area contributed by atoms with Crippen LogP contribution >= 0.6 is 0 Å². The van der Waals surface area contributed by atoms with Crippen molar-refractivity contribution in [2.24, 2.45) is 5.92 Å². The number of amides is 2. The Labute approximate surface area is 119 Å². The molecule has 2 aliphatic carbocycles. The summed E-state index contributed by atoms with van der Waals surface area (Å²) in [5.41, 5.74) is 0. The number of aliphatic carboxylic acids is 1. The van der Waals surface area contributed by atoms with Crippen LogP contribution in [0.3, 0.4) is 0 Å². The van der Waals surface area contributed by atoms with Crippen molar-refractivity contribution in [3.05, 3.63) is 0 Å². The van der Waals surface area contributed by atoms with Crippen LogP contribution in [0, 0.1) is 5.92 Å². The number of likely N-dealkylation sites (N-methyl/N-ethyl adjacent to an activating group) is 1. The maximum atomic E-state index is 12.2. The number of nitrogens with zero attached hydrogens (tertiary/aromatic N) is 1. The fourth-order valence-electron chi connectivity index (χ4n) is 2.98. The van der Waals surface area contributed by atoms with E-state index in [1.807, 2.05) is 0 Å². The van der Waals surface area contributed by atoms with E-state index in [2.05, 4.69) is 5.32 Å². The van der Waals surface area contributed by atoms with Gasteiger partial charge in [0, 0.05) is 13.1 Å². The fourth-order valence-corrected chi connectivity index (χ4v) is 2.98. The molecule has 114 valence electrons. The predicted molar refractivity (Wildman–Crippen MR) is 73.3 cm³/mol. The first kappa shape index (κ1) is 15.1. The van der Waals surface area contributed by atoms with Gasteiger partial charge in [0.25, 0.3) is 0 Å². The van der Waals surface area contributed by atoms with E-state index < -0.39 is 12.1 Å². The Bertz CT molecular complexity index is 370. The SMILES string of the molecule is CN(C(=O)NC(CC(=O)O)C1CC1)C1CCCCC1O. The second-order valence-electron chi connectivity index (χ2n) is 6.02. The quantitative estimate of drug-likeness (QED) is 0.707. The van der Waals surface area contributed by atoms with Crippen molar-refractivity contribution in [3.63, 3.8) is 0 Å². The standard InChI is InChI=1S/C14H24N2O4/c1-16(11-4-2-3-5-12(11)17)14(20)15-10(8-13(18)19)9-6-7-9/h9-12,17H,2-8H2,1H3,(H,15,20)(H,18,19). The van der Waals surface area contributed by atoms with E-state index >= 15 is 0 Å². The third kappa shape index (κ3) is 3.85. The van der Waals surface area contributed by atoms with Gasteiger partial charge in [-0.25, -0.2) is 4.79 Å². The maximum absolute atomic E-state index is 12.2. The van der Waals surface area contributed by atoms with Crippen LogP contribution in [-0.2, 0) is 4.79 Å². The van der Waals surface area contributed by atoms with Gasteiger partial charge < -0.3 is 20.4 Å². The average Bonchev–Trinajstić information content (AvgIpc) is 3.21. The molecule has 2 saturated carbocycles. The van der Waals surface area contributed by atoms with Gasteiger partial charge in [0.05, 0.1) is 18.6 Å². The number of aliphatic hydroxyl groups is 1. The molecule has 0 aromatic rings. The van der Waals surface area contributed by atoms with Gasteiger partial charge in [-0.1, -0.05) is 12.8 Å². The van der Waals surface area contributed by atoms with Crippen molar-refractivity contribution < 1.29 is 19.8 Å². The van der Waals surface area contributed by atoms with Gasteiger partial charge in [-0.2, -0.15) is 0 Å². The van der Waals surface area contributed by atoms with Gasteiger partial charge in [0.1, 0.15) is 0 Å². The minimum atomic E-state index is -0.887. The van der Waals surface area contributed by atoms with Crippen LogP contribution < -0.4 is 5.32 Å². The lowest BCUT2D eigenvalue weighted by molar-refractivity contribution is -0.137. The van der Waals surface area contributed by atoms with Gasteiger partial charge in [-0.3, -0.25) is 4.79 Å². The number of carboxylic acids is 1. The molecule has 0 aromatic heterocycles. The molecule has 2 amide bonds. The van der Waals surface area contributed by atoms with Crippen LogP contribution in [-0.4, -0.2) is 52.3 Å². The number of hydrogen-bond donors (Lipinski definition) is 3. The summed E-state index contributed by atoms with van der Waals surface area (Å²) < 4.78 is 0. The largest absolute Gasteiger partial charge is 0.481 e. The lowest BCUT2D eigenvalue weighted by atomic mass is 9.92. The number of nitrogens with one attached hydrogen (secondary N) is 1. The maximum Gasteiger partial charge on any atom is 0.317 e. The van der Waals surface area contributed by atoms with E-state index in [0.717, 1.165) is 38.5 Å². The summed E-state index contributed by atoms with van der Waals surface area (Å²) in [5, 5.41) is 21.7. The summed E-state index contributed by atoms with van der Waals surface area (Å²) in [6.07, 6.45) is 5.00. The number of aliphatic hydroxyl groups excluding tert-OH is 1. The summed E-state index contributed by atoms with van der Waals surface area (Å²) in [6.45, 7) is 0. The Hall–Kier alpha value is -1.30. The van der Waals surface area contributed by atoms with Crippen LogP contribution in [0.5, 0.6) is 0 Å². The predicted octanol–water partition coefficient (Wildman–Crippen LogP) is 1.18. The van der Waals surface area contributed by atoms with E-state index in [-0.39, 0.29) is 24.5 Å². The molecule has 3 atom stereocenters. The van der Waals surface area contributed by atoms with Crippen LogP contribution in [0.1, 0.15) is 44.9 Å². The molecule has 0 bridgehead atoms. The zero-order chi connectivity index (χ0) is 14.7. The number of carbonyl (C=O) groups excluding carboxylic acids is 1. The number of hydrogen-bond acceptors (Lipinski definition) is 3. The van der Waals surface area contributed by atoms with Gasteiger partial charge in [-0.05, 0) is 31.6 Å². The van der Waals surface area contributed by atoms with Crippen molar-refractivity contribution in [3.8, 4) is 0 Å². The Balaban J connectivity index is 1.90. The molecule has 0 heterocycles. The van der Waals surface area contributed by atoms with Crippen LogP contribution in [0.2, 0.25) is 0 Å². The van der Waals surface area contributed by atoms with Crippen molar-refractivity contribution >= 4 is 12.0 Å². The highest BCUT2D eigenvalue weighted by Crippen LogP contribution is 2.34. The lowest BCUT2D eigenvalue weighted by Crippen LogP contribution is -2.52. The molecule has 0 aliphatic heterocycles. The first-order chi connectivity index (χ1) is 9.49. The van der Waals surface area contributed by atoms with Crippen molar-refractivity contribution in [2.75, 3.05) is 7.05 Å². The third-order valence-corrected chi connectivity index (χ3v) is 4.41. The highest BCUT2D eigenvalue weighted by molar-refractivity contribution is 5.76. The summed E-state index contributed by atoms with van der Waals surface area (Å²) in [6, 6.07) is -0.717. The zero-order valence-electron chi connectivity index (χ0n) is 11.9. The highest BCUT2D eigenvalue weighted by atomic mass is 16.4. The molecule has 0 aromatic carbocycles. The van der Waals surface area contributed by atoms with Crippen molar-refractivity contribution in [1.29, 1.82) is 0 Å². The van der Waals surface area contributed by atoms with E-state index in [1.165, 1.54) is 0 Å². The van der Waals surface area contributed by atoms with E-state index in [9.17, 15) is 14.7 Å². The Morgan fingerprint density at radius 2 is 1.90 bits per heavy atom. The third-order valence-electron chi connectivity index (χ3n) is 4.41. The summed E-state index contributed by atoms with van der Waals surface area (Å²) in [7, 11) is 1.68. The summed E-state index contributed by atoms with van der Waals surface area (Å²) in [5.74, 6) is -0.595. The Kier molecular flexibility index (Phi) is 4.86. The molecule has 0 saturated heterocycles. The zero-order valence-corrected chi connectivity index (χ0v) is 11.9. The molecule has 2 aliphatic rings. The van der Waals surface area contributed by atoms with E-state index in [4.69, 9.17) is 5.11 Å². The van der Waals surface area contributed by atoms with E-state index in [1.54, 1.807) is 11.9 Å². The molecule has 0 radical (unpaired) electrons. The molecule has 20 heavy (non-hydrogen) atoms. The number of rotatable bonds is 5. The number of carboxylic acid groups (broad SMARTS) is 1. The van der Waals surface area contributed by atoms with Crippen LogP contribution in [0.15, 0.2) is 0 Å². The Morgan fingerprint density at radius 3 is 2.45 bits per heavy atom. The van der Waals surface area contributed by atoms with Crippen LogP contribution in [0.4, 0.5) is 4.79 Å². The molecule has 0 spiro atoms. The molecule has 6 heteroatoms. The number of carbonyl (C=O) groups is 2. The van der Waals surface area contributed by atoms with Crippen molar-refractivity contribution in [2.45, 2.75) is 63.1 Å². The monoisotopic (exact) mass is 284 g/mol. The lowest BCUT2D eigenvalue weighted by Gasteiger charge is -2.36. The van der Waals surface area contributed by atoms with Crippen molar-refractivity contribution in [1.82, 2.24) is 10.2 Å². The molecule has 3 unspecified atom stereocenters. The topological polar surface area (TPSA) is 89.9 Å². The minimum Gasteiger partial charge on any atom is -0.481 e. The van der Waals surface area contributed by atoms with Crippen LogP contribution in [0.25, 0.3) is 0 Å². The van der Waals surface area contributed by atoms with Gasteiger partial charge >= 0.3 is 12.0 Å². The first-order valence-electron chi connectivity index (χ1n) is 7.42.